The molecular weight excluding hydrogens is 216 g/mol. The zero-order chi connectivity index (χ0) is 12.8. The van der Waals surface area contributed by atoms with Crippen molar-refractivity contribution in [2.45, 2.75) is 38.6 Å². The molecule has 0 radical (unpaired) electrons. The number of nitrogens with two attached hydrogens (primary N) is 1. The van der Waals surface area contributed by atoms with Gasteiger partial charge in [-0.25, -0.2) is 0 Å². The maximum Gasteiger partial charge on any atom is 0.222 e. The van der Waals surface area contributed by atoms with Crippen molar-refractivity contribution in [3.63, 3.8) is 0 Å². The molecule has 1 rings (SSSR count). The molecule has 0 spiro atoms. The molecule has 2 N–H and O–H groups in total. The second-order valence-corrected chi connectivity index (χ2v) is 5.26. The van der Waals surface area contributed by atoms with Crippen LogP contribution in [0, 0.1) is 11.8 Å². The summed E-state index contributed by atoms with van der Waals surface area (Å²) in [5.41, 5.74) is 5.75. The summed E-state index contributed by atoms with van der Waals surface area (Å²) < 4.78 is 5.06. The molecule has 0 aromatic carbocycles. The van der Waals surface area contributed by atoms with Crippen molar-refractivity contribution < 1.29 is 9.53 Å². The number of methoxy groups -OCH3 is 1. The van der Waals surface area contributed by atoms with Crippen molar-refractivity contribution >= 4 is 5.91 Å². The van der Waals surface area contributed by atoms with Gasteiger partial charge in [-0.15, -0.1) is 0 Å². The van der Waals surface area contributed by atoms with Crippen molar-refractivity contribution in [3.8, 4) is 0 Å². The Kier molecular flexibility index (Phi) is 5.92. The third-order valence-electron chi connectivity index (χ3n) is 3.79. The molecule has 1 amide bonds. The average Bonchev–Trinajstić information content (AvgIpc) is 2.76. The lowest BCUT2D eigenvalue weighted by molar-refractivity contribution is -0.133. The Labute approximate surface area is 104 Å². The highest BCUT2D eigenvalue weighted by Crippen LogP contribution is 2.29. The first-order chi connectivity index (χ1) is 8.10. The molecule has 3 atom stereocenters. The fourth-order valence-corrected chi connectivity index (χ4v) is 2.77. The van der Waals surface area contributed by atoms with Crippen molar-refractivity contribution in [1.29, 1.82) is 0 Å². The van der Waals surface area contributed by atoms with Crippen molar-refractivity contribution in [2.24, 2.45) is 17.6 Å². The monoisotopic (exact) mass is 242 g/mol. The molecule has 17 heavy (non-hydrogen) atoms. The number of hydrogen-bond donors (Lipinski definition) is 1. The van der Waals surface area contributed by atoms with Gasteiger partial charge in [0.15, 0.2) is 0 Å². The van der Waals surface area contributed by atoms with Crippen molar-refractivity contribution in [1.82, 2.24) is 4.90 Å². The molecule has 1 aliphatic carbocycles. The summed E-state index contributed by atoms with van der Waals surface area (Å²) in [5.74, 6) is 0.995. The van der Waals surface area contributed by atoms with Crippen LogP contribution >= 0.6 is 0 Å². The predicted octanol–water partition coefficient (Wildman–Crippen LogP) is 1.24. The molecule has 0 heterocycles. The van der Waals surface area contributed by atoms with E-state index in [1.807, 2.05) is 18.9 Å². The Balaban J connectivity index is 2.45. The summed E-state index contributed by atoms with van der Waals surface area (Å²) in [7, 11) is 3.59. The van der Waals surface area contributed by atoms with E-state index in [1.54, 1.807) is 7.11 Å². The number of carbonyl (C=O) groups excluding carboxylic acids is 1. The highest BCUT2D eigenvalue weighted by Gasteiger charge is 2.31. The van der Waals surface area contributed by atoms with Crippen LogP contribution in [-0.4, -0.2) is 44.2 Å². The normalized spacial score (nSPS) is 25.9. The number of hydrogen-bond acceptors (Lipinski definition) is 3. The number of carbonyl (C=O) groups is 1. The number of rotatable bonds is 6. The van der Waals surface area contributed by atoms with Gasteiger partial charge in [-0.05, 0) is 31.2 Å². The van der Waals surface area contributed by atoms with E-state index in [1.165, 1.54) is 6.42 Å². The van der Waals surface area contributed by atoms with Crippen LogP contribution in [0.15, 0.2) is 0 Å². The van der Waals surface area contributed by atoms with Gasteiger partial charge in [0, 0.05) is 33.2 Å². The number of ether oxygens (including phenoxy) is 1. The third kappa shape index (κ3) is 3.96. The molecule has 4 nitrogen and oxygen atoms in total. The van der Waals surface area contributed by atoms with Gasteiger partial charge in [-0.3, -0.25) is 4.79 Å². The molecule has 1 aliphatic rings. The van der Waals surface area contributed by atoms with E-state index < -0.39 is 0 Å². The Hall–Kier alpha value is -0.610. The Bertz CT molecular complexity index is 246. The van der Waals surface area contributed by atoms with Gasteiger partial charge < -0.3 is 15.4 Å². The predicted molar refractivity (Wildman–Crippen MR) is 68.6 cm³/mol. The van der Waals surface area contributed by atoms with Gasteiger partial charge in [-0.1, -0.05) is 13.3 Å². The minimum Gasteiger partial charge on any atom is -0.384 e. The van der Waals surface area contributed by atoms with Crippen LogP contribution in [0.3, 0.4) is 0 Å². The Morgan fingerprint density at radius 3 is 2.82 bits per heavy atom. The van der Waals surface area contributed by atoms with Crippen LogP contribution < -0.4 is 5.73 Å². The second-order valence-electron chi connectivity index (χ2n) is 5.26. The van der Waals surface area contributed by atoms with Crippen LogP contribution in [0.2, 0.25) is 0 Å². The summed E-state index contributed by atoms with van der Waals surface area (Å²) in [6.45, 7) is 3.38. The van der Waals surface area contributed by atoms with Crippen LogP contribution in [0.25, 0.3) is 0 Å². The molecule has 4 heteroatoms. The van der Waals surface area contributed by atoms with Gasteiger partial charge in [0.2, 0.25) is 5.91 Å². The molecule has 1 fully saturated rings. The van der Waals surface area contributed by atoms with E-state index in [0.29, 0.717) is 31.5 Å². The molecule has 0 aromatic rings. The topological polar surface area (TPSA) is 55.6 Å². The SMILES string of the molecule is COCC(C)CC(=O)N(C)C1CCCC1CN. The summed E-state index contributed by atoms with van der Waals surface area (Å²) in [6, 6.07) is 0.349. The number of amides is 1. The zero-order valence-electron chi connectivity index (χ0n) is 11.3. The lowest BCUT2D eigenvalue weighted by atomic mass is 10.0. The molecule has 0 aliphatic heterocycles. The minimum absolute atomic E-state index is 0.222. The summed E-state index contributed by atoms with van der Waals surface area (Å²) in [4.78, 5) is 14.0. The maximum atomic E-state index is 12.1. The van der Waals surface area contributed by atoms with Crippen LogP contribution in [0.1, 0.15) is 32.6 Å². The highest BCUT2D eigenvalue weighted by atomic mass is 16.5. The maximum absolute atomic E-state index is 12.1. The van der Waals surface area contributed by atoms with Gasteiger partial charge >= 0.3 is 0 Å². The van der Waals surface area contributed by atoms with Gasteiger partial charge in [0.1, 0.15) is 0 Å². The van der Waals surface area contributed by atoms with E-state index >= 15 is 0 Å². The van der Waals surface area contributed by atoms with Crippen LogP contribution in [0.5, 0.6) is 0 Å². The molecular formula is C13H26N2O2. The number of nitrogens with zero attached hydrogens (tertiary/aromatic N) is 1. The van der Waals surface area contributed by atoms with E-state index in [0.717, 1.165) is 12.8 Å². The molecule has 0 aromatic heterocycles. The first kappa shape index (κ1) is 14.5. The first-order valence-electron chi connectivity index (χ1n) is 6.54. The summed E-state index contributed by atoms with van der Waals surface area (Å²) in [5, 5.41) is 0. The van der Waals surface area contributed by atoms with Gasteiger partial charge in [0.25, 0.3) is 0 Å². The summed E-state index contributed by atoms with van der Waals surface area (Å²) in [6.07, 6.45) is 4.02. The first-order valence-corrected chi connectivity index (χ1v) is 6.54. The van der Waals surface area contributed by atoms with Crippen molar-refractivity contribution in [3.05, 3.63) is 0 Å². The lowest BCUT2D eigenvalue weighted by Crippen LogP contribution is -2.42. The largest absolute Gasteiger partial charge is 0.384 e. The second kappa shape index (κ2) is 6.97. The smallest absolute Gasteiger partial charge is 0.222 e. The molecule has 1 saturated carbocycles. The molecule has 0 bridgehead atoms. The zero-order valence-corrected chi connectivity index (χ0v) is 11.3. The lowest BCUT2D eigenvalue weighted by Gasteiger charge is -2.30. The molecule has 0 saturated heterocycles. The van der Waals surface area contributed by atoms with E-state index in [4.69, 9.17) is 10.5 Å². The Morgan fingerprint density at radius 2 is 2.24 bits per heavy atom. The Morgan fingerprint density at radius 1 is 1.53 bits per heavy atom. The summed E-state index contributed by atoms with van der Waals surface area (Å²) >= 11 is 0. The van der Waals surface area contributed by atoms with Crippen LogP contribution in [-0.2, 0) is 9.53 Å². The van der Waals surface area contributed by atoms with E-state index in [2.05, 4.69) is 0 Å². The minimum atomic E-state index is 0.222. The third-order valence-corrected chi connectivity index (χ3v) is 3.79. The van der Waals surface area contributed by atoms with Gasteiger partial charge in [0.05, 0.1) is 0 Å². The highest BCUT2D eigenvalue weighted by molar-refractivity contribution is 5.76. The van der Waals surface area contributed by atoms with Crippen LogP contribution in [0.4, 0.5) is 0 Å². The van der Waals surface area contributed by atoms with Gasteiger partial charge in [-0.2, -0.15) is 0 Å². The van der Waals surface area contributed by atoms with E-state index in [-0.39, 0.29) is 11.8 Å². The fraction of sp³-hybridized carbons (Fsp3) is 0.923. The molecule has 100 valence electrons. The fourth-order valence-electron chi connectivity index (χ4n) is 2.77. The van der Waals surface area contributed by atoms with Crippen molar-refractivity contribution in [2.75, 3.05) is 27.3 Å². The standard InChI is InChI=1S/C13H26N2O2/c1-10(9-17-3)7-13(16)15(2)12-6-4-5-11(12)8-14/h10-12H,4-9,14H2,1-3H3. The average molecular weight is 242 g/mol. The quantitative estimate of drug-likeness (QED) is 0.762. The van der Waals surface area contributed by atoms with E-state index in [9.17, 15) is 4.79 Å². The molecule has 3 unspecified atom stereocenters.